The summed E-state index contributed by atoms with van der Waals surface area (Å²) in [5.74, 6) is 0.0238. The number of nitrogen functional groups attached to an aromatic ring is 1. The van der Waals surface area contributed by atoms with E-state index in [2.05, 4.69) is 0 Å². The molecule has 0 saturated carbocycles. The maximum Gasteiger partial charge on any atom is 0.338 e. The minimum Gasteiger partial charge on any atom is -0.487 e. The Bertz CT molecular complexity index is 671. The van der Waals surface area contributed by atoms with Crippen molar-refractivity contribution >= 4 is 23.3 Å². The fraction of sp³-hybridized carbons (Fsp3) is 0.235. The lowest BCUT2D eigenvalue weighted by Crippen LogP contribution is -2.12. The second-order valence-electron chi connectivity index (χ2n) is 5.09. The number of carbonyl (C=O) groups excluding carboxylic acids is 1. The number of carbonyl (C=O) groups is 1. The van der Waals surface area contributed by atoms with E-state index >= 15 is 0 Å². The summed E-state index contributed by atoms with van der Waals surface area (Å²) in [6.07, 6.45) is -0.183. The molecule has 2 rings (SSSR count). The Morgan fingerprint density at radius 2 is 1.95 bits per heavy atom. The maximum atomic E-state index is 11.9. The van der Waals surface area contributed by atoms with Gasteiger partial charge in [-0.05, 0) is 38.1 Å². The van der Waals surface area contributed by atoms with Crippen LogP contribution in [-0.4, -0.2) is 12.1 Å². The fourth-order valence-corrected chi connectivity index (χ4v) is 2.03. The number of nitrogens with two attached hydrogens (primary N) is 1. The molecule has 4 nitrogen and oxygen atoms in total. The van der Waals surface area contributed by atoms with Gasteiger partial charge in [0.05, 0.1) is 17.4 Å². The third-order valence-corrected chi connectivity index (χ3v) is 3.30. The second kappa shape index (κ2) is 7.18. The van der Waals surface area contributed by atoms with Gasteiger partial charge in [-0.2, -0.15) is 0 Å². The van der Waals surface area contributed by atoms with E-state index in [1.165, 1.54) is 0 Å². The van der Waals surface area contributed by atoms with Gasteiger partial charge in [0.2, 0.25) is 0 Å². The highest BCUT2D eigenvalue weighted by molar-refractivity contribution is 6.31. The largest absolute Gasteiger partial charge is 0.487 e. The molecular weight excluding hydrogens is 302 g/mol. The lowest BCUT2D eigenvalue weighted by molar-refractivity contribution is 0.0377. The number of rotatable bonds is 5. The van der Waals surface area contributed by atoms with Crippen molar-refractivity contribution in [2.45, 2.75) is 26.6 Å². The Balaban J connectivity index is 2.14. The van der Waals surface area contributed by atoms with Gasteiger partial charge in [-0.15, -0.1) is 0 Å². The van der Waals surface area contributed by atoms with E-state index in [9.17, 15) is 4.79 Å². The van der Waals surface area contributed by atoms with Gasteiger partial charge in [-0.1, -0.05) is 29.8 Å². The molecule has 2 aromatic carbocycles. The molecule has 22 heavy (non-hydrogen) atoms. The van der Waals surface area contributed by atoms with Crippen molar-refractivity contribution in [3.63, 3.8) is 0 Å². The van der Waals surface area contributed by atoms with Gasteiger partial charge in [0.15, 0.2) is 0 Å². The summed E-state index contributed by atoms with van der Waals surface area (Å²) in [5.41, 5.74) is 7.58. The molecular formula is C17H18ClNO3. The quantitative estimate of drug-likeness (QED) is 0.666. The van der Waals surface area contributed by atoms with E-state index in [1.54, 1.807) is 38.1 Å². The Morgan fingerprint density at radius 3 is 2.64 bits per heavy atom. The molecule has 0 spiro atoms. The molecule has 0 bridgehead atoms. The van der Waals surface area contributed by atoms with Crippen LogP contribution in [0.3, 0.4) is 0 Å². The number of esters is 1. The molecule has 0 unspecified atom stereocenters. The Hall–Kier alpha value is -2.20. The summed E-state index contributed by atoms with van der Waals surface area (Å²) < 4.78 is 10.8. The molecule has 0 aliphatic rings. The number of ether oxygens (including phenoxy) is 2. The minimum atomic E-state index is -0.405. The Kier molecular flexibility index (Phi) is 5.28. The standard InChI is InChI=1S/C17H18ClNO3/c1-11(2)22-17(20)12-7-8-15(19)16(9-12)21-10-13-5-3-4-6-14(13)18/h3-9,11H,10,19H2,1-2H3. The van der Waals surface area contributed by atoms with Gasteiger partial charge in [0.1, 0.15) is 12.4 Å². The minimum absolute atomic E-state index is 0.183. The summed E-state index contributed by atoms with van der Waals surface area (Å²) in [6, 6.07) is 12.2. The third-order valence-electron chi connectivity index (χ3n) is 2.93. The molecule has 0 aromatic heterocycles. The number of hydrogen-bond acceptors (Lipinski definition) is 4. The van der Waals surface area contributed by atoms with Gasteiger partial charge < -0.3 is 15.2 Å². The van der Waals surface area contributed by atoms with Crippen LogP contribution in [0.2, 0.25) is 5.02 Å². The highest BCUT2D eigenvalue weighted by atomic mass is 35.5. The lowest BCUT2D eigenvalue weighted by Gasteiger charge is -2.12. The van der Waals surface area contributed by atoms with Crippen LogP contribution in [0.5, 0.6) is 5.75 Å². The predicted molar refractivity (Wildman–Crippen MR) is 87.2 cm³/mol. The summed E-state index contributed by atoms with van der Waals surface area (Å²) in [4.78, 5) is 11.9. The highest BCUT2D eigenvalue weighted by Crippen LogP contribution is 2.25. The smallest absolute Gasteiger partial charge is 0.338 e. The van der Waals surface area contributed by atoms with Crippen LogP contribution in [0.25, 0.3) is 0 Å². The van der Waals surface area contributed by atoms with E-state index in [1.807, 2.05) is 18.2 Å². The molecule has 0 atom stereocenters. The number of hydrogen-bond donors (Lipinski definition) is 1. The zero-order valence-corrected chi connectivity index (χ0v) is 13.3. The van der Waals surface area contributed by atoms with Crippen LogP contribution in [0.1, 0.15) is 29.8 Å². The van der Waals surface area contributed by atoms with Gasteiger partial charge in [0.25, 0.3) is 0 Å². The molecule has 0 saturated heterocycles. The number of anilines is 1. The third kappa shape index (κ3) is 4.15. The van der Waals surface area contributed by atoms with Gasteiger partial charge in [0, 0.05) is 10.6 Å². The fourth-order valence-electron chi connectivity index (χ4n) is 1.84. The normalized spacial score (nSPS) is 10.5. The van der Waals surface area contributed by atoms with Gasteiger partial charge in [-0.3, -0.25) is 0 Å². The van der Waals surface area contributed by atoms with Gasteiger partial charge >= 0.3 is 5.97 Å². The summed E-state index contributed by atoms with van der Waals surface area (Å²) in [6.45, 7) is 3.86. The molecule has 0 heterocycles. The molecule has 2 N–H and O–H groups in total. The molecule has 0 amide bonds. The van der Waals surface area contributed by atoms with Crippen LogP contribution in [0.15, 0.2) is 42.5 Å². The average Bonchev–Trinajstić information content (AvgIpc) is 2.47. The van der Waals surface area contributed by atoms with Crippen molar-refractivity contribution in [1.82, 2.24) is 0 Å². The average molecular weight is 320 g/mol. The molecule has 0 fully saturated rings. The molecule has 0 aliphatic carbocycles. The van der Waals surface area contributed by atoms with Crippen LogP contribution in [0.4, 0.5) is 5.69 Å². The van der Waals surface area contributed by atoms with Crippen molar-refractivity contribution in [2.75, 3.05) is 5.73 Å². The van der Waals surface area contributed by atoms with E-state index in [-0.39, 0.29) is 12.7 Å². The van der Waals surface area contributed by atoms with Crippen LogP contribution >= 0.6 is 11.6 Å². The Morgan fingerprint density at radius 1 is 1.23 bits per heavy atom. The van der Waals surface area contributed by atoms with Crippen molar-refractivity contribution in [3.8, 4) is 5.75 Å². The van der Waals surface area contributed by atoms with Gasteiger partial charge in [-0.25, -0.2) is 4.79 Å². The molecule has 0 radical (unpaired) electrons. The molecule has 0 aliphatic heterocycles. The van der Waals surface area contributed by atoms with Crippen LogP contribution in [0, 0.1) is 0 Å². The number of benzene rings is 2. The van der Waals surface area contributed by atoms with Crippen LogP contribution in [-0.2, 0) is 11.3 Å². The van der Waals surface area contributed by atoms with E-state index in [0.29, 0.717) is 22.0 Å². The molecule has 116 valence electrons. The lowest BCUT2D eigenvalue weighted by atomic mass is 10.2. The van der Waals surface area contributed by atoms with E-state index < -0.39 is 5.97 Å². The summed E-state index contributed by atoms with van der Waals surface area (Å²) in [5, 5.41) is 0.622. The SMILES string of the molecule is CC(C)OC(=O)c1ccc(N)c(OCc2ccccc2Cl)c1. The highest BCUT2D eigenvalue weighted by Gasteiger charge is 2.12. The molecule has 5 heteroatoms. The van der Waals surface area contributed by atoms with Crippen molar-refractivity contribution < 1.29 is 14.3 Å². The maximum absolute atomic E-state index is 11.9. The first-order chi connectivity index (χ1) is 10.5. The topological polar surface area (TPSA) is 61.5 Å². The van der Waals surface area contributed by atoms with Crippen molar-refractivity contribution in [1.29, 1.82) is 0 Å². The Labute approximate surface area is 134 Å². The van der Waals surface area contributed by atoms with E-state index in [4.69, 9.17) is 26.8 Å². The predicted octanol–water partition coefficient (Wildman–Crippen LogP) is 4.07. The summed E-state index contributed by atoms with van der Waals surface area (Å²) in [7, 11) is 0. The second-order valence-corrected chi connectivity index (χ2v) is 5.49. The number of halogens is 1. The van der Waals surface area contributed by atoms with Crippen LogP contribution < -0.4 is 10.5 Å². The first-order valence-corrected chi connectivity index (χ1v) is 7.32. The van der Waals surface area contributed by atoms with Crippen molar-refractivity contribution in [3.05, 3.63) is 58.6 Å². The molecule has 2 aromatic rings. The summed E-state index contributed by atoms with van der Waals surface area (Å²) >= 11 is 6.08. The first kappa shape index (κ1) is 16.2. The monoisotopic (exact) mass is 319 g/mol. The zero-order valence-electron chi connectivity index (χ0n) is 12.5. The van der Waals surface area contributed by atoms with Crippen molar-refractivity contribution in [2.24, 2.45) is 0 Å². The first-order valence-electron chi connectivity index (χ1n) is 6.94. The zero-order chi connectivity index (χ0) is 16.1. The van der Waals surface area contributed by atoms with E-state index in [0.717, 1.165) is 5.56 Å².